The molecular formula is C66H55BN4. The molecule has 0 spiro atoms. The zero-order chi connectivity index (χ0) is 47.7. The minimum atomic E-state index is -0.00987. The Morgan fingerprint density at radius 2 is 0.746 bits per heavy atom. The van der Waals surface area contributed by atoms with E-state index in [0.717, 1.165) is 89.4 Å². The highest BCUT2D eigenvalue weighted by Gasteiger charge is 2.44. The number of aromatic nitrogens is 2. The smallest absolute Gasteiger partial charge is 0.252 e. The van der Waals surface area contributed by atoms with Gasteiger partial charge in [0.2, 0.25) is 0 Å². The van der Waals surface area contributed by atoms with E-state index in [0.29, 0.717) is 5.82 Å². The van der Waals surface area contributed by atoms with Crippen molar-refractivity contribution in [3.05, 3.63) is 236 Å². The molecule has 0 N–H and O–H groups in total. The van der Waals surface area contributed by atoms with Crippen LogP contribution in [0.25, 0.3) is 56.2 Å². The SMILES string of the molecule is CCCCc1ccc2c(c1)N(c1ccc(-c3ccccc3)cc1)c1cc(-c3cc(-c4ccccc4)nc(-c4ccccc4)n3)cc3c1B2c1ccc(CCCC)cc1N3c1ccc(-c2ccccc2)cc1. The quantitative estimate of drug-likeness (QED) is 0.108. The number of fused-ring (bicyclic) bond motifs is 4. The van der Waals surface area contributed by atoms with Gasteiger partial charge >= 0.3 is 0 Å². The van der Waals surface area contributed by atoms with Gasteiger partial charge in [0.25, 0.3) is 6.71 Å². The number of aryl methyl sites for hydroxylation is 2. The third-order valence-electron chi connectivity index (χ3n) is 14.4. The Balaban J connectivity index is 1.15. The molecule has 0 bridgehead atoms. The van der Waals surface area contributed by atoms with Crippen LogP contribution in [0.3, 0.4) is 0 Å². The molecule has 71 heavy (non-hydrogen) atoms. The Morgan fingerprint density at radius 3 is 1.18 bits per heavy atom. The highest BCUT2D eigenvalue weighted by molar-refractivity contribution is 7.00. The second-order valence-corrected chi connectivity index (χ2v) is 19.0. The van der Waals surface area contributed by atoms with Gasteiger partial charge < -0.3 is 9.80 Å². The number of hydrogen-bond acceptors (Lipinski definition) is 4. The Hall–Kier alpha value is -8.28. The molecule has 12 rings (SSSR count). The topological polar surface area (TPSA) is 32.3 Å². The molecule has 0 saturated carbocycles. The molecule has 5 heteroatoms. The van der Waals surface area contributed by atoms with E-state index in [1.165, 1.54) is 61.1 Å². The molecule has 4 nitrogen and oxygen atoms in total. The van der Waals surface area contributed by atoms with E-state index in [4.69, 9.17) is 9.97 Å². The van der Waals surface area contributed by atoms with E-state index in [9.17, 15) is 0 Å². The van der Waals surface area contributed by atoms with E-state index in [1.807, 2.05) is 0 Å². The van der Waals surface area contributed by atoms with Gasteiger partial charge in [-0.3, -0.25) is 0 Å². The van der Waals surface area contributed by atoms with E-state index in [2.05, 4.69) is 248 Å². The number of unbranched alkanes of at least 4 members (excludes halogenated alkanes) is 2. The Kier molecular flexibility index (Phi) is 11.9. The van der Waals surface area contributed by atoms with Crippen molar-refractivity contribution in [1.82, 2.24) is 9.97 Å². The minimum Gasteiger partial charge on any atom is -0.311 e. The summed E-state index contributed by atoms with van der Waals surface area (Å²) in [7, 11) is 0. The summed E-state index contributed by atoms with van der Waals surface area (Å²) in [4.78, 5) is 15.8. The second kappa shape index (κ2) is 19.3. The average molecular weight is 915 g/mol. The summed E-state index contributed by atoms with van der Waals surface area (Å²) in [5.74, 6) is 0.699. The molecule has 1 aromatic heterocycles. The summed E-state index contributed by atoms with van der Waals surface area (Å²) in [6.07, 6.45) is 6.63. The molecule has 10 aromatic rings. The standard InChI is InChI=1S/C66H55BN4/c1-3-5-19-46-29-39-57-61(41-46)70(55-35-31-50(32-36-55)48-21-11-7-12-22-48)63-43-54(60-45-59(52-25-15-9-16-26-52)68-66(69-60)53-27-17-10-18-28-53)44-64-65(63)67(57)58-40-30-47(20-6-4-2)42-62(58)71(64)56-37-33-51(34-38-56)49-23-13-8-14-24-49/h7-18,21-45H,3-6,19-20H2,1-2H3. The molecule has 2 aliphatic rings. The lowest BCUT2D eigenvalue weighted by atomic mass is 9.33. The fourth-order valence-corrected chi connectivity index (χ4v) is 10.8. The molecule has 0 saturated heterocycles. The molecule has 3 heterocycles. The van der Waals surface area contributed by atoms with Crippen LogP contribution in [0.4, 0.5) is 34.1 Å². The first-order valence-corrected chi connectivity index (χ1v) is 25.5. The van der Waals surface area contributed by atoms with Crippen LogP contribution in [-0.2, 0) is 12.8 Å². The monoisotopic (exact) mass is 914 g/mol. The third kappa shape index (κ3) is 8.42. The van der Waals surface area contributed by atoms with Crippen LogP contribution in [0.15, 0.2) is 224 Å². The maximum atomic E-state index is 5.48. The largest absolute Gasteiger partial charge is 0.311 e. The molecule has 0 unspecified atom stereocenters. The van der Waals surface area contributed by atoms with Gasteiger partial charge in [0.1, 0.15) is 0 Å². The molecule has 342 valence electrons. The maximum Gasteiger partial charge on any atom is 0.252 e. The Morgan fingerprint density at radius 1 is 0.352 bits per heavy atom. The fraction of sp³-hybridized carbons (Fsp3) is 0.121. The van der Waals surface area contributed by atoms with Crippen molar-refractivity contribution < 1.29 is 0 Å². The van der Waals surface area contributed by atoms with Gasteiger partial charge in [0, 0.05) is 50.8 Å². The van der Waals surface area contributed by atoms with Crippen LogP contribution in [0.5, 0.6) is 0 Å². The summed E-state index contributed by atoms with van der Waals surface area (Å²) in [5, 5.41) is 0. The van der Waals surface area contributed by atoms with Gasteiger partial charge in [-0.05, 0) is 130 Å². The normalized spacial score (nSPS) is 12.3. The highest BCUT2D eigenvalue weighted by Crippen LogP contribution is 2.47. The van der Waals surface area contributed by atoms with Gasteiger partial charge in [-0.15, -0.1) is 0 Å². The van der Waals surface area contributed by atoms with Crippen LogP contribution < -0.4 is 26.2 Å². The van der Waals surface area contributed by atoms with Crippen molar-refractivity contribution in [1.29, 1.82) is 0 Å². The summed E-state index contributed by atoms with van der Waals surface area (Å²) in [6.45, 7) is 4.56. The number of rotatable bonds is 13. The lowest BCUT2D eigenvalue weighted by Crippen LogP contribution is -2.61. The highest BCUT2D eigenvalue weighted by atomic mass is 15.2. The summed E-state index contributed by atoms with van der Waals surface area (Å²) in [5.41, 5.74) is 23.3. The lowest BCUT2D eigenvalue weighted by molar-refractivity contribution is 0.795. The molecule has 2 aliphatic heterocycles. The summed E-state index contributed by atoms with van der Waals surface area (Å²) in [6, 6.07) is 82.4. The first-order chi connectivity index (χ1) is 35.1. The van der Waals surface area contributed by atoms with Gasteiger partial charge in [-0.25, -0.2) is 9.97 Å². The third-order valence-corrected chi connectivity index (χ3v) is 14.4. The van der Waals surface area contributed by atoms with Gasteiger partial charge in [0.15, 0.2) is 5.82 Å². The number of anilines is 6. The summed E-state index contributed by atoms with van der Waals surface area (Å²) < 4.78 is 0. The van der Waals surface area contributed by atoms with Crippen molar-refractivity contribution in [2.75, 3.05) is 9.80 Å². The lowest BCUT2D eigenvalue weighted by Gasteiger charge is -2.44. The van der Waals surface area contributed by atoms with Crippen molar-refractivity contribution in [3.63, 3.8) is 0 Å². The Bertz CT molecular complexity index is 3260. The van der Waals surface area contributed by atoms with Crippen LogP contribution >= 0.6 is 0 Å². The summed E-state index contributed by atoms with van der Waals surface area (Å²) >= 11 is 0. The maximum absolute atomic E-state index is 5.48. The van der Waals surface area contributed by atoms with E-state index in [-0.39, 0.29) is 6.71 Å². The van der Waals surface area contributed by atoms with Crippen LogP contribution in [0.2, 0.25) is 0 Å². The van der Waals surface area contributed by atoms with Gasteiger partial charge in [0.05, 0.1) is 11.4 Å². The average Bonchev–Trinajstić information content (AvgIpc) is 3.44. The molecule has 9 aromatic carbocycles. The molecule has 0 radical (unpaired) electrons. The van der Waals surface area contributed by atoms with Crippen molar-refractivity contribution in [2.45, 2.75) is 52.4 Å². The van der Waals surface area contributed by atoms with E-state index >= 15 is 0 Å². The van der Waals surface area contributed by atoms with Crippen molar-refractivity contribution in [2.24, 2.45) is 0 Å². The van der Waals surface area contributed by atoms with E-state index < -0.39 is 0 Å². The van der Waals surface area contributed by atoms with Crippen LogP contribution in [0.1, 0.15) is 50.7 Å². The zero-order valence-electron chi connectivity index (χ0n) is 40.5. The van der Waals surface area contributed by atoms with Gasteiger partial charge in [-0.2, -0.15) is 0 Å². The second-order valence-electron chi connectivity index (χ2n) is 19.0. The molecule has 0 aliphatic carbocycles. The van der Waals surface area contributed by atoms with Crippen molar-refractivity contribution >= 4 is 57.2 Å². The molecule has 0 amide bonds. The number of nitrogens with zero attached hydrogens (tertiary/aromatic N) is 4. The number of hydrogen-bond donors (Lipinski definition) is 0. The first-order valence-electron chi connectivity index (χ1n) is 25.5. The van der Waals surface area contributed by atoms with E-state index in [1.54, 1.807) is 0 Å². The van der Waals surface area contributed by atoms with Crippen LogP contribution in [0, 0.1) is 0 Å². The predicted octanol–water partition coefficient (Wildman–Crippen LogP) is 15.6. The fourth-order valence-electron chi connectivity index (χ4n) is 10.8. The molecular weight excluding hydrogens is 860 g/mol. The predicted molar refractivity (Wildman–Crippen MR) is 300 cm³/mol. The molecule has 0 atom stereocenters. The first kappa shape index (κ1) is 44.0. The van der Waals surface area contributed by atoms with Crippen LogP contribution in [-0.4, -0.2) is 16.7 Å². The van der Waals surface area contributed by atoms with Crippen molar-refractivity contribution in [3.8, 4) is 56.2 Å². The number of benzene rings is 9. The zero-order valence-corrected chi connectivity index (χ0v) is 40.5. The molecule has 0 fully saturated rings. The minimum absolute atomic E-state index is 0.00987. The van der Waals surface area contributed by atoms with Gasteiger partial charge in [-0.1, -0.05) is 197 Å². The Labute approximate surface area is 419 Å².